The number of rotatable bonds is 6. The monoisotopic (exact) mass is 263 g/mol. The molecule has 5 heteroatoms. The molecule has 1 N–H and O–H groups in total. The average molecular weight is 263 g/mol. The minimum absolute atomic E-state index is 0.512. The molecule has 0 aliphatic carbocycles. The van der Waals surface area contributed by atoms with Gasteiger partial charge in [0, 0.05) is 31.0 Å². The van der Waals surface area contributed by atoms with Gasteiger partial charge >= 0.3 is 0 Å². The summed E-state index contributed by atoms with van der Waals surface area (Å²) in [5.74, 6) is 1.70. The summed E-state index contributed by atoms with van der Waals surface area (Å²) in [7, 11) is 1.67. The van der Waals surface area contributed by atoms with Crippen LogP contribution in [0.1, 0.15) is 23.3 Å². The van der Waals surface area contributed by atoms with E-state index in [1.54, 1.807) is 18.4 Å². The van der Waals surface area contributed by atoms with E-state index in [1.165, 1.54) is 4.88 Å². The van der Waals surface area contributed by atoms with Gasteiger partial charge in [-0.15, -0.1) is 11.3 Å². The predicted molar refractivity (Wildman–Crippen MR) is 74.0 cm³/mol. The van der Waals surface area contributed by atoms with E-state index < -0.39 is 0 Å². The first-order valence-electron chi connectivity index (χ1n) is 5.94. The molecule has 0 atom stereocenters. The van der Waals surface area contributed by atoms with E-state index in [-0.39, 0.29) is 0 Å². The van der Waals surface area contributed by atoms with Crippen molar-refractivity contribution in [2.75, 3.05) is 19.0 Å². The number of nitrogens with one attached hydrogen (secondary N) is 1. The quantitative estimate of drug-likeness (QED) is 0.870. The minimum atomic E-state index is 0.512. The Morgan fingerprint density at radius 1 is 1.39 bits per heavy atom. The van der Waals surface area contributed by atoms with Crippen LogP contribution in [0.4, 0.5) is 5.82 Å². The molecule has 0 aliphatic rings. The van der Waals surface area contributed by atoms with Gasteiger partial charge in [0.25, 0.3) is 0 Å². The lowest BCUT2D eigenvalue weighted by molar-refractivity contribution is 0.181. The first kappa shape index (κ1) is 13.0. The average Bonchev–Trinajstić information content (AvgIpc) is 2.82. The van der Waals surface area contributed by atoms with Crippen molar-refractivity contribution >= 4 is 17.2 Å². The fourth-order valence-corrected chi connectivity index (χ4v) is 2.40. The van der Waals surface area contributed by atoms with Crippen molar-refractivity contribution in [3.8, 4) is 0 Å². The van der Waals surface area contributed by atoms with Crippen LogP contribution in [0, 0.1) is 0 Å². The summed E-state index contributed by atoms with van der Waals surface area (Å²) in [5.41, 5.74) is 0.912. The second-order valence-electron chi connectivity index (χ2n) is 3.88. The van der Waals surface area contributed by atoms with Gasteiger partial charge in [-0.3, -0.25) is 0 Å². The Bertz CT molecular complexity index is 461. The Morgan fingerprint density at radius 2 is 2.28 bits per heavy atom. The first-order chi connectivity index (χ1) is 8.81. The van der Waals surface area contributed by atoms with Gasteiger partial charge in [-0.05, 0) is 18.4 Å². The minimum Gasteiger partial charge on any atom is -0.378 e. The SMILES string of the molecule is CCNc1cc(COC)nc(Cc2cccs2)n1. The smallest absolute Gasteiger partial charge is 0.136 e. The highest BCUT2D eigenvalue weighted by Gasteiger charge is 2.06. The first-order valence-corrected chi connectivity index (χ1v) is 6.81. The number of methoxy groups -OCH3 is 1. The topological polar surface area (TPSA) is 47.0 Å². The Kier molecular flexibility index (Phi) is 4.66. The second kappa shape index (κ2) is 6.47. The standard InChI is InChI=1S/C13H17N3OS/c1-3-14-12-7-10(9-17-2)15-13(16-12)8-11-5-4-6-18-11/h4-7H,3,8-9H2,1-2H3,(H,14,15,16). The lowest BCUT2D eigenvalue weighted by atomic mass is 10.3. The van der Waals surface area contributed by atoms with Crippen molar-refractivity contribution in [1.29, 1.82) is 0 Å². The lowest BCUT2D eigenvalue weighted by Crippen LogP contribution is -2.06. The fourth-order valence-electron chi connectivity index (χ4n) is 1.69. The van der Waals surface area contributed by atoms with Crippen LogP contribution in [0.15, 0.2) is 23.6 Å². The number of hydrogen-bond donors (Lipinski definition) is 1. The molecule has 2 aromatic rings. The second-order valence-corrected chi connectivity index (χ2v) is 4.91. The summed E-state index contributed by atoms with van der Waals surface area (Å²) in [5, 5.41) is 5.29. The van der Waals surface area contributed by atoms with Crippen molar-refractivity contribution in [2.24, 2.45) is 0 Å². The van der Waals surface area contributed by atoms with Crippen LogP contribution in [0.3, 0.4) is 0 Å². The molecule has 0 aliphatic heterocycles. The summed E-state index contributed by atoms with van der Waals surface area (Å²) < 4.78 is 5.14. The maximum atomic E-state index is 5.14. The lowest BCUT2D eigenvalue weighted by Gasteiger charge is -2.08. The Hall–Kier alpha value is -1.46. The predicted octanol–water partition coefficient (Wildman–Crippen LogP) is 2.71. The summed E-state index contributed by atoms with van der Waals surface area (Å²) in [6.45, 7) is 3.41. The van der Waals surface area contributed by atoms with E-state index in [1.807, 2.05) is 12.1 Å². The number of ether oxygens (including phenoxy) is 1. The third-order valence-electron chi connectivity index (χ3n) is 2.39. The number of aromatic nitrogens is 2. The van der Waals surface area contributed by atoms with Gasteiger partial charge in [0.05, 0.1) is 12.3 Å². The maximum Gasteiger partial charge on any atom is 0.136 e. The molecule has 96 valence electrons. The highest BCUT2D eigenvalue weighted by atomic mass is 32.1. The highest BCUT2D eigenvalue weighted by molar-refractivity contribution is 7.09. The van der Waals surface area contributed by atoms with Crippen LogP contribution in [0.5, 0.6) is 0 Å². The molecule has 4 nitrogen and oxygen atoms in total. The van der Waals surface area contributed by atoms with Crippen molar-refractivity contribution in [1.82, 2.24) is 9.97 Å². The van der Waals surface area contributed by atoms with Crippen molar-refractivity contribution in [3.05, 3.63) is 40.0 Å². The molecule has 2 heterocycles. The van der Waals surface area contributed by atoms with E-state index >= 15 is 0 Å². The van der Waals surface area contributed by atoms with Crippen LogP contribution in [-0.4, -0.2) is 23.6 Å². The van der Waals surface area contributed by atoms with E-state index in [0.717, 1.165) is 30.3 Å². The van der Waals surface area contributed by atoms with Gasteiger partial charge < -0.3 is 10.1 Å². The van der Waals surface area contributed by atoms with Gasteiger partial charge in [0.15, 0.2) is 0 Å². The van der Waals surface area contributed by atoms with Gasteiger partial charge in [-0.2, -0.15) is 0 Å². The van der Waals surface area contributed by atoms with Crippen LogP contribution in [0.2, 0.25) is 0 Å². The highest BCUT2D eigenvalue weighted by Crippen LogP contribution is 2.15. The van der Waals surface area contributed by atoms with Crippen LogP contribution in [-0.2, 0) is 17.8 Å². The van der Waals surface area contributed by atoms with Crippen LogP contribution in [0.25, 0.3) is 0 Å². The largest absolute Gasteiger partial charge is 0.378 e. The van der Waals surface area contributed by atoms with Crippen molar-refractivity contribution in [2.45, 2.75) is 20.0 Å². The van der Waals surface area contributed by atoms with Crippen molar-refractivity contribution in [3.63, 3.8) is 0 Å². The Morgan fingerprint density at radius 3 is 2.94 bits per heavy atom. The van der Waals surface area contributed by atoms with Gasteiger partial charge in [-0.25, -0.2) is 9.97 Å². The third kappa shape index (κ3) is 3.51. The summed E-state index contributed by atoms with van der Waals surface area (Å²) >= 11 is 1.72. The Labute approximate surface area is 111 Å². The van der Waals surface area contributed by atoms with E-state index in [9.17, 15) is 0 Å². The Balaban J connectivity index is 2.21. The van der Waals surface area contributed by atoms with E-state index in [2.05, 4.69) is 33.7 Å². The molecule has 0 amide bonds. The summed E-state index contributed by atoms with van der Waals surface area (Å²) in [4.78, 5) is 10.3. The molecular weight excluding hydrogens is 246 g/mol. The maximum absolute atomic E-state index is 5.14. The molecule has 2 aromatic heterocycles. The molecule has 0 radical (unpaired) electrons. The van der Waals surface area contributed by atoms with Crippen LogP contribution >= 0.6 is 11.3 Å². The molecule has 0 unspecified atom stereocenters. The molecule has 0 fully saturated rings. The van der Waals surface area contributed by atoms with Crippen molar-refractivity contribution < 1.29 is 4.74 Å². The molecule has 2 rings (SSSR count). The summed E-state index contributed by atoms with van der Waals surface area (Å²) in [6.07, 6.45) is 0.771. The molecule has 0 saturated heterocycles. The number of thiophene rings is 1. The van der Waals surface area contributed by atoms with E-state index in [4.69, 9.17) is 4.74 Å². The summed E-state index contributed by atoms with van der Waals surface area (Å²) in [6, 6.07) is 6.08. The molecule has 0 bridgehead atoms. The van der Waals surface area contributed by atoms with Gasteiger partial charge in [0.2, 0.25) is 0 Å². The molecule has 0 spiro atoms. The zero-order chi connectivity index (χ0) is 12.8. The molecular formula is C13H17N3OS. The number of hydrogen-bond acceptors (Lipinski definition) is 5. The molecule has 18 heavy (non-hydrogen) atoms. The van der Waals surface area contributed by atoms with Gasteiger partial charge in [0.1, 0.15) is 11.6 Å². The normalized spacial score (nSPS) is 10.6. The zero-order valence-electron chi connectivity index (χ0n) is 10.6. The molecule has 0 saturated carbocycles. The number of anilines is 1. The van der Waals surface area contributed by atoms with Gasteiger partial charge in [-0.1, -0.05) is 6.07 Å². The fraction of sp³-hybridized carbons (Fsp3) is 0.385. The van der Waals surface area contributed by atoms with Crippen LogP contribution < -0.4 is 5.32 Å². The number of nitrogens with zero attached hydrogens (tertiary/aromatic N) is 2. The zero-order valence-corrected chi connectivity index (χ0v) is 11.5. The van der Waals surface area contributed by atoms with E-state index in [0.29, 0.717) is 6.61 Å². The molecule has 0 aromatic carbocycles. The third-order valence-corrected chi connectivity index (χ3v) is 3.26.